The highest BCUT2D eigenvalue weighted by Gasteiger charge is 2.09. The Morgan fingerprint density at radius 3 is 2.50 bits per heavy atom. The van der Waals surface area contributed by atoms with Gasteiger partial charge in [-0.05, 0) is 50.1 Å². The van der Waals surface area contributed by atoms with Gasteiger partial charge in [0, 0.05) is 12.0 Å². The number of carbonyl (C=O) groups excluding carboxylic acids is 1. The van der Waals surface area contributed by atoms with Crippen molar-refractivity contribution in [3.8, 4) is 5.75 Å². The van der Waals surface area contributed by atoms with Gasteiger partial charge in [0.15, 0.2) is 5.78 Å². The molecule has 0 aliphatic rings. The number of hydrogen-bond acceptors (Lipinski definition) is 2. The Hall–Kier alpha value is -2.09. The predicted octanol–water partition coefficient (Wildman–Crippen LogP) is 4.26. The molecule has 0 aliphatic heterocycles. The second-order valence-corrected chi connectivity index (χ2v) is 5.16. The SMILES string of the molecule is Cc1cccc(OCCC(=O)c2cc(C)ccc2C)c1. The van der Waals surface area contributed by atoms with Crippen molar-refractivity contribution in [2.24, 2.45) is 0 Å². The van der Waals surface area contributed by atoms with E-state index in [1.54, 1.807) is 0 Å². The molecule has 2 heteroatoms. The Balaban J connectivity index is 1.94. The normalized spacial score (nSPS) is 10.3. The third-order valence-corrected chi connectivity index (χ3v) is 3.28. The van der Waals surface area contributed by atoms with Gasteiger partial charge in [0.1, 0.15) is 5.75 Å². The lowest BCUT2D eigenvalue weighted by Gasteiger charge is -2.08. The fraction of sp³-hybridized carbons (Fsp3) is 0.278. The van der Waals surface area contributed by atoms with E-state index in [4.69, 9.17) is 4.74 Å². The van der Waals surface area contributed by atoms with Crippen molar-refractivity contribution in [3.63, 3.8) is 0 Å². The van der Waals surface area contributed by atoms with Crippen LogP contribution in [0.4, 0.5) is 0 Å². The van der Waals surface area contributed by atoms with E-state index in [1.165, 1.54) is 0 Å². The summed E-state index contributed by atoms with van der Waals surface area (Å²) >= 11 is 0. The Bertz CT molecular complexity index is 615. The highest BCUT2D eigenvalue weighted by Crippen LogP contribution is 2.15. The first kappa shape index (κ1) is 14.3. The van der Waals surface area contributed by atoms with E-state index < -0.39 is 0 Å². The average molecular weight is 268 g/mol. The third-order valence-electron chi connectivity index (χ3n) is 3.28. The fourth-order valence-electron chi connectivity index (χ4n) is 2.14. The van der Waals surface area contributed by atoms with E-state index >= 15 is 0 Å². The quantitative estimate of drug-likeness (QED) is 0.757. The molecule has 2 nitrogen and oxygen atoms in total. The molecule has 0 heterocycles. The number of carbonyl (C=O) groups is 1. The molecule has 2 rings (SSSR count). The van der Waals surface area contributed by atoms with Crippen molar-refractivity contribution in [2.45, 2.75) is 27.2 Å². The molecule has 20 heavy (non-hydrogen) atoms. The van der Waals surface area contributed by atoms with Gasteiger partial charge in [0.2, 0.25) is 0 Å². The lowest BCUT2D eigenvalue weighted by Crippen LogP contribution is -2.08. The number of rotatable bonds is 5. The van der Waals surface area contributed by atoms with Gasteiger partial charge in [0.25, 0.3) is 0 Å². The van der Waals surface area contributed by atoms with Crippen LogP contribution in [0.15, 0.2) is 42.5 Å². The fourth-order valence-corrected chi connectivity index (χ4v) is 2.14. The number of Topliss-reactive ketones (excluding diaryl/α,β-unsaturated/α-hetero) is 1. The van der Waals surface area contributed by atoms with E-state index in [0.717, 1.165) is 28.0 Å². The van der Waals surface area contributed by atoms with Gasteiger partial charge in [-0.3, -0.25) is 4.79 Å². The second-order valence-electron chi connectivity index (χ2n) is 5.16. The molecule has 0 atom stereocenters. The van der Waals surface area contributed by atoms with Crippen molar-refractivity contribution < 1.29 is 9.53 Å². The summed E-state index contributed by atoms with van der Waals surface area (Å²) in [7, 11) is 0. The van der Waals surface area contributed by atoms with Gasteiger partial charge >= 0.3 is 0 Å². The number of ether oxygens (including phenoxy) is 1. The first-order chi connectivity index (χ1) is 9.56. The van der Waals surface area contributed by atoms with Crippen LogP contribution in [0.2, 0.25) is 0 Å². The zero-order valence-electron chi connectivity index (χ0n) is 12.3. The smallest absolute Gasteiger partial charge is 0.166 e. The maximum absolute atomic E-state index is 12.2. The molecule has 0 saturated heterocycles. The number of ketones is 1. The minimum atomic E-state index is 0.138. The Morgan fingerprint density at radius 1 is 1.00 bits per heavy atom. The van der Waals surface area contributed by atoms with E-state index in [1.807, 2.05) is 63.2 Å². The molecule has 104 valence electrons. The number of hydrogen-bond donors (Lipinski definition) is 0. The Labute approximate surface area is 120 Å². The van der Waals surface area contributed by atoms with Crippen LogP contribution in [0.5, 0.6) is 5.75 Å². The molecule has 0 aliphatic carbocycles. The topological polar surface area (TPSA) is 26.3 Å². The summed E-state index contributed by atoms with van der Waals surface area (Å²) in [6, 6.07) is 13.8. The molecule has 0 bridgehead atoms. The molecule has 0 radical (unpaired) electrons. The Morgan fingerprint density at radius 2 is 1.75 bits per heavy atom. The highest BCUT2D eigenvalue weighted by molar-refractivity contribution is 5.97. The highest BCUT2D eigenvalue weighted by atomic mass is 16.5. The van der Waals surface area contributed by atoms with Gasteiger partial charge < -0.3 is 4.74 Å². The van der Waals surface area contributed by atoms with Crippen molar-refractivity contribution in [2.75, 3.05) is 6.61 Å². The molecule has 0 amide bonds. The lowest BCUT2D eigenvalue weighted by molar-refractivity contribution is 0.0961. The maximum atomic E-state index is 12.2. The first-order valence-electron chi connectivity index (χ1n) is 6.86. The summed E-state index contributed by atoms with van der Waals surface area (Å²) in [5.41, 5.74) is 4.09. The van der Waals surface area contributed by atoms with Crippen molar-refractivity contribution in [1.82, 2.24) is 0 Å². The van der Waals surface area contributed by atoms with Crippen molar-refractivity contribution in [1.29, 1.82) is 0 Å². The van der Waals surface area contributed by atoms with Crippen LogP contribution in [0.1, 0.15) is 33.5 Å². The second kappa shape index (κ2) is 6.38. The van der Waals surface area contributed by atoms with Gasteiger partial charge in [-0.2, -0.15) is 0 Å². The zero-order chi connectivity index (χ0) is 14.5. The summed E-state index contributed by atoms with van der Waals surface area (Å²) in [6.07, 6.45) is 0.401. The van der Waals surface area contributed by atoms with Crippen LogP contribution >= 0.6 is 0 Å². The molecule has 0 N–H and O–H groups in total. The molecule has 0 unspecified atom stereocenters. The van der Waals surface area contributed by atoms with Crippen LogP contribution < -0.4 is 4.74 Å². The van der Waals surface area contributed by atoms with E-state index in [9.17, 15) is 4.79 Å². The van der Waals surface area contributed by atoms with E-state index in [0.29, 0.717) is 13.0 Å². The molecule has 0 spiro atoms. The molecule has 2 aromatic carbocycles. The largest absolute Gasteiger partial charge is 0.493 e. The maximum Gasteiger partial charge on any atom is 0.166 e. The third kappa shape index (κ3) is 3.70. The molecular weight excluding hydrogens is 248 g/mol. The summed E-state index contributed by atoms with van der Waals surface area (Å²) in [5.74, 6) is 0.956. The zero-order valence-corrected chi connectivity index (χ0v) is 12.3. The summed E-state index contributed by atoms with van der Waals surface area (Å²) in [4.78, 5) is 12.2. The predicted molar refractivity (Wildman–Crippen MR) is 81.5 cm³/mol. The average Bonchev–Trinajstić information content (AvgIpc) is 2.41. The number of benzene rings is 2. The first-order valence-corrected chi connectivity index (χ1v) is 6.86. The molecule has 0 saturated carbocycles. The van der Waals surface area contributed by atoms with Crippen LogP contribution in [-0.2, 0) is 0 Å². The number of aryl methyl sites for hydroxylation is 3. The van der Waals surface area contributed by atoms with Crippen LogP contribution in [0.3, 0.4) is 0 Å². The molecule has 2 aromatic rings. The van der Waals surface area contributed by atoms with Crippen molar-refractivity contribution in [3.05, 3.63) is 64.7 Å². The summed E-state index contributed by atoms with van der Waals surface area (Å²) in [6.45, 7) is 6.40. The van der Waals surface area contributed by atoms with E-state index in [-0.39, 0.29) is 5.78 Å². The monoisotopic (exact) mass is 268 g/mol. The minimum Gasteiger partial charge on any atom is -0.493 e. The molecular formula is C18H20O2. The van der Waals surface area contributed by atoms with Gasteiger partial charge in [0.05, 0.1) is 6.61 Å². The lowest BCUT2D eigenvalue weighted by atomic mass is 10.0. The van der Waals surface area contributed by atoms with Crippen LogP contribution in [0, 0.1) is 20.8 Å². The van der Waals surface area contributed by atoms with Gasteiger partial charge in [-0.25, -0.2) is 0 Å². The van der Waals surface area contributed by atoms with E-state index in [2.05, 4.69) is 0 Å². The van der Waals surface area contributed by atoms with Crippen LogP contribution in [-0.4, -0.2) is 12.4 Å². The van der Waals surface area contributed by atoms with Gasteiger partial charge in [-0.1, -0.05) is 29.8 Å². The summed E-state index contributed by atoms with van der Waals surface area (Å²) in [5, 5.41) is 0. The summed E-state index contributed by atoms with van der Waals surface area (Å²) < 4.78 is 5.63. The molecule has 0 fully saturated rings. The van der Waals surface area contributed by atoms with Crippen LogP contribution in [0.25, 0.3) is 0 Å². The minimum absolute atomic E-state index is 0.138. The standard InChI is InChI=1S/C18H20O2/c1-13-5-4-6-16(11-13)20-10-9-18(19)17-12-14(2)7-8-15(17)3/h4-8,11-12H,9-10H2,1-3H3. The van der Waals surface area contributed by atoms with Crippen molar-refractivity contribution >= 4 is 5.78 Å². The Kier molecular flexibility index (Phi) is 4.57. The van der Waals surface area contributed by atoms with Gasteiger partial charge in [-0.15, -0.1) is 0 Å². The molecule has 0 aromatic heterocycles.